The van der Waals surface area contributed by atoms with Gasteiger partial charge in [-0.3, -0.25) is 9.59 Å². The molecule has 2 amide bonds. The fraction of sp³-hybridized carbons (Fsp3) is 0.233. The van der Waals surface area contributed by atoms with Crippen LogP contribution >= 0.6 is 0 Å². The Morgan fingerprint density at radius 2 is 1.30 bits per heavy atom. The number of nitrogens with one attached hydrogen (secondary N) is 2. The quantitative estimate of drug-likeness (QED) is 0.0554. The molecular formula is C43H43N5O8S. The van der Waals surface area contributed by atoms with Gasteiger partial charge < -0.3 is 20.1 Å². The van der Waals surface area contributed by atoms with Crippen molar-refractivity contribution in [2.24, 2.45) is 5.92 Å². The Labute approximate surface area is 331 Å². The summed E-state index contributed by atoms with van der Waals surface area (Å²) in [7, 11) is -3.82. The van der Waals surface area contributed by atoms with Crippen LogP contribution in [-0.2, 0) is 29.1 Å². The number of hydrogen-bond donors (Lipinski definition) is 2. The van der Waals surface area contributed by atoms with Gasteiger partial charge in [0, 0.05) is 41.8 Å². The molecule has 4 aromatic carbocycles. The van der Waals surface area contributed by atoms with Crippen LogP contribution in [0.1, 0.15) is 59.9 Å². The molecule has 0 aliphatic carbocycles. The Hall–Kier alpha value is -6.38. The molecule has 14 heteroatoms. The minimum Gasteiger partial charge on any atom is -0.462 e. The molecule has 5 aromatic rings. The number of amides is 2. The van der Waals surface area contributed by atoms with Crippen LogP contribution in [0.5, 0.6) is 0 Å². The number of para-hydroxylation sites is 1. The van der Waals surface area contributed by atoms with E-state index in [0.717, 1.165) is 12.8 Å². The van der Waals surface area contributed by atoms with Crippen molar-refractivity contribution in [2.75, 3.05) is 36.9 Å². The van der Waals surface area contributed by atoms with Crippen molar-refractivity contribution in [2.45, 2.75) is 38.5 Å². The van der Waals surface area contributed by atoms with E-state index in [1.165, 1.54) is 58.9 Å². The number of ether oxygens (including phenoxy) is 2. The van der Waals surface area contributed by atoms with E-state index in [9.17, 15) is 27.6 Å². The van der Waals surface area contributed by atoms with Crippen LogP contribution in [0.2, 0.25) is 0 Å². The number of esters is 2. The fourth-order valence-corrected chi connectivity index (χ4v) is 7.72. The summed E-state index contributed by atoms with van der Waals surface area (Å²) < 4.78 is 40.8. The summed E-state index contributed by atoms with van der Waals surface area (Å²) in [6.07, 6.45) is 4.58. The molecule has 0 spiro atoms. The first-order chi connectivity index (χ1) is 27.5. The van der Waals surface area contributed by atoms with Crippen molar-refractivity contribution in [1.29, 1.82) is 0 Å². The lowest BCUT2D eigenvalue weighted by molar-refractivity contribution is -0.118. The second-order valence-corrected chi connectivity index (χ2v) is 15.3. The largest absolute Gasteiger partial charge is 0.462 e. The first kappa shape index (κ1) is 40.3. The van der Waals surface area contributed by atoms with Crippen LogP contribution in [0.3, 0.4) is 0 Å². The van der Waals surface area contributed by atoms with E-state index in [1.54, 1.807) is 49.0 Å². The van der Waals surface area contributed by atoms with Crippen molar-refractivity contribution >= 4 is 51.2 Å². The van der Waals surface area contributed by atoms with E-state index in [-0.39, 0.29) is 34.8 Å². The van der Waals surface area contributed by atoms with Crippen LogP contribution in [0.15, 0.2) is 120 Å². The molecule has 1 aliphatic rings. The Bertz CT molecular complexity index is 2310. The molecule has 0 atom stereocenters. The van der Waals surface area contributed by atoms with Gasteiger partial charge in [0.1, 0.15) is 11.3 Å². The lowest BCUT2D eigenvalue weighted by Gasteiger charge is -2.29. The summed E-state index contributed by atoms with van der Waals surface area (Å²) in [5.41, 5.74) is 2.65. The molecule has 0 radical (unpaired) electrons. The third-order valence-electron chi connectivity index (χ3n) is 9.35. The zero-order valence-corrected chi connectivity index (χ0v) is 32.6. The molecule has 13 nitrogen and oxygen atoms in total. The van der Waals surface area contributed by atoms with Crippen LogP contribution in [0.25, 0.3) is 23.0 Å². The molecule has 2 heterocycles. The smallest absolute Gasteiger partial charge is 0.338 e. The molecule has 294 valence electrons. The van der Waals surface area contributed by atoms with Crippen LogP contribution in [0.4, 0.5) is 11.4 Å². The predicted molar refractivity (Wildman–Crippen MR) is 216 cm³/mol. The summed E-state index contributed by atoms with van der Waals surface area (Å²) in [6, 6.07) is 27.7. The van der Waals surface area contributed by atoms with Crippen molar-refractivity contribution in [3.05, 3.63) is 132 Å². The molecule has 2 N–H and O–H groups in total. The lowest BCUT2D eigenvalue weighted by Crippen LogP contribution is -2.37. The Morgan fingerprint density at radius 1 is 0.754 bits per heavy atom. The minimum atomic E-state index is -3.82. The van der Waals surface area contributed by atoms with Gasteiger partial charge in [-0.15, -0.1) is 0 Å². The second kappa shape index (κ2) is 18.0. The summed E-state index contributed by atoms with van der Waals surface area (Å²) in [5.74, 6) is -2.16. The molecule has 0 unspecified atom stereocenters. The molecule has 1 aromatic heterocycles. The zero-order valence-electron chi connectivity index (χ0n) is 31.8. The summed E-state index contributed by atoms with van der Waals surface area (Å²) in [5, 5.41) is 10.3. The Balaban J connectivity index is 1.41. The van der Waals surface area contributed by atoms with E-state index in [4.69, 9.17) is 14.6 Å². The average Bonchev–Trinajstić information content (AvgIpc) is 3.65. The molecule has 57 heavy (non-hydrogen) atoms. The second-order valence-electron chi connectivity index (χ2n) is 13.4. The topological polar surface area (TPSA) is 166 Å². The average molecular weight is 790 g/mol. The number of aromatic nitrogens is 2. The fourth-order valence-electron chi connectivity index (χ4n) is 6.20. The highest BCUT2D eigenvalue weighted by atomic mass is 32.2. The van der Waals surface area contributed by atoms with Gasteiger partial charge in [0.05, 0.1) is 34.9 Å². The first-order valence-electron chi connectivity index (χ1n) is 18.6. The van der Waals surface area contributed by atoms with E-state index in [2.05, 4.69) is 17.6 Å². The molecule has 1 saturated heterocycles. The zero-order chi connectivity index (χ0) is 40.5. The van der Waals surface area contributed by atoms with Crippen LogP contribution in [-0.4, -0.2) is 72.6 Å². The van der Waals surface area contributed by atoms with Gasteiger partial charge in [-0.25, -0.2) is 22.7 Å². The molecule has 6 rings (SSSR count). The summed E-state index contributed by atoms with van der Waals surface area (Å²) >= 11 is 0. The Morgan fingerprint density at radius 3 is 1.82 bits per heavy atom. The maximum atomic E-state index is 14.1. The number of anilines is 2. The molecular weight excluding hydrogens is 747 g/mol. The van der Waals surface area contributed by atoms with Gasteiger partial charge in [-0.2, -0.15) is 9.40 Å². The van der Waals surface area contributed by atoms with E-state index < -0.39 is 33.8 Å². The number of carbonyl (C=O) groups excluding carboxylic acids is 4. The van der Waals surface area contributed by atoms with Crippen LogP contribution in [0, 0.1) is 5.92 Å². The molecule has 0 saturated carbocycles. The number of nitrogens with zero attached hydrogens (tertiary/aromatic N) is 3. The third kappa shape index (κ3) is 9.72. The molecule has 0 bridgehead atoms. The van der Waals surface area contributed by atoms with Gasteiger partial charge in [0.15, 0.2) is 0 Å². The molecule has 1 fully saturated rings. The van der Waals surface area contributed by atoms with Gasteiger partial charge >= 0.3 is 11.9 Å². The number of hydrogen-bond acceptors (Lipinski definition) is 9. The maximum absolute atomic E-state index is 14.1. The number of piperidine rings is 1. The Kier molecular flexibility index (Phi) is 12.8. The normalized spacial score (nSPS) is 13.3. The maximum Gasteiger partial charge on any atom is 0.338 e. The van der Waals surface area contributed by atoms with Crippen LogP contribution < -0.4 is 10.6 Å². The lowest BCUT2D eigenvalue weighted by atomic mass is 10.0. The number of carbonyl (C=O) groups is 4. The monoisotopic (exact) mass is 789 g/mol. The van der Waals surface area contributed by atoms with Gasteiger partial charge in [-0.1, -0.05) is 37.3 Å². The van der Waals surface area contributed by atoms with E-state index in [0.29, 0.717) is 52.9 Å². The highest BCUT2D eigenvalue weighted by molar-refractivity contribution is 7.89. The van der Waals surface area contributed by atoms with E-state index in [1.807, 2.05) is 30.3 Å². The van der Waals surface area contributed by atoms with Gasteiger partial charge in [0.2, 0.25) is 10.0 Å². The van der Waals surface area contributed by atoms with Crippen molar-refractivity contribution in [3.8, 4) is 16.9 Å². The minimum absolute atomic E-state index is 0.104. The number of benzene rings is 4. The van der Waals surface area contributed by atoms with E-state index >= 15 is 0 Å². The highest BCUT2D eigenvalue weighted by Gasteiger charge is 2.29. The SMILES string of the molecule is CCOC(=O)c1ccc(NC(=O)C(=Cc2cn(-c3ccccc3)nc2-c2cccc(S(=O)(=O)N3CCC(C)CC3)c2)C(=O)Nc2ccc(C(=O)OCC)cc2)cc1. The van der Waals surface area contributed by atoms with Crippen molar-refractivity contribution in [3.63, 3.8) is 0 Å². The van der Waals surface area contributed by atoms with Crippen molar-refractivity contribution < 1.29 is 37.1 Å². The number of rotatable bonds is 13. The molecule has 1 aliphatic heterocycles. The summed E-state index contributed by atoms with van der Waals surface area (Å²) in [6.45, 7) is 6.76. The van der Waals surface area contributed by atoms with Gasteiger partial charge in [0.25, 0.3) is 11.8 Å². The highest BCUT2D eigenvalue weighted by Crippen LogP contribution is 2.31. The summed E-state index contributed by atoms with van der Waals surface area (Å²) in [4.78, 5) is 52.7. The standard InChI is InChI=1S/C43H43N5O8S/c1-4-55-42(51)30-14-18-34(19-15-30)44-40(49)38(41(50)45-35-20-16-31(17-21-35)43(52)56-5-2)27-33-28-48(36-11-7-6-8-12-36)46-39(33)32-10-9-13-37(26-32)57(53,54)47-24-22-29(3)23-25-47/h6-21,26-29H,4-5,22-25H2,1-3H3,(H,44,49)(H,45,50). The number of sulfonamides is 1. The first-order valence-corrected chi connectivity index (χ1v) is 20.0. The van der Waals surface area contributed by atoms with Gasteiger partial charge in [-0.05, 0) is 111 Å². The predicted octanol–water partition coefficient (Wildman–Crippen LogP) is 6.97. The third-order valence-corrected chi connectivity index (χ3v) is 11.2. The van der Waals surface area contributed by atoms with Crippen molar-refractivity contribution in [1.82, 2.24) is 14.1 Å².